The van der Waals surface area contributed by atoms with Crippen LogP contribution in [0.15, 0.2) is 18.3 Å². The minimum Gasteiger partial charge on any atom is -0.360 e. The van der Waals surface area contributed by atoms with Gasteiger partial charge in [0.25, 0.3) is 0 Å². The Morgan fingerprint density at radius 3 is 3.20 bits per heavy atom. The van der Waals surface area contributed by atoms with E-state index in [0.717, 1.165) is 6.42 Å². The van der Waals surface area contributed by atoms with E-state index in [-0.39, 0.29) is 0 Å². The SMILES string of the molecule is CCc1cc2[nH]ccc2s1. The quantitative estimate of drug-likeness (QED) is 0.645. The highest BCUT2D eigenvalue weighted by Crippen LogP contribution is 2.24. The first kappa shape index (κ1) is 5.98. The van der Waals surface area contributed by atoms with Gasteiger partial charge in [-0.25, -0.2) is 0 Å². The molecule has 2 aromatic rings. The number of aromatic nitrogens is 1. The number of hydrogen-bond donors (Lipinski definition) is 1. The van der Waals surface area contributed by atoms with Gasteiger partial charge in [0.05, 0.1) is 10.2 Å². The number of H-pyrrole nitrogens is 1. The lowest BCUT2D eigenvalue weighted by Crippen LogP contribution is -1.65. The van der Waals surface area contributed by atoms with Gasteiger partial charge in [0.15, 0.2) is 0 Å². The summed E-state index contributed by atoms with van der Waals surface area (Å²) in [6.07, 6.45) is 3.13. The van der Waals surface area contributed by atoms with Crippen molar-refractivity contribution >= 4 is 21.6 Å². The van der Waals surface area contributed by atoms with Crippen LogP contribution in [0, 0.1) is 0 Å². The lowest BCUT2D eigenvalue weighted by molar-refractivity contribution is 1.19. The summed E-state index contributed by atoms with van der Waals surface area (Å²) in [5.41, 5.74) is 1.28. The van der Waals surface area contributed by atoms with E-state index in [1.165, 1.54) is 15.1 Å². The second-order valence-electron chi connectivity index (χ2n) is 2.32. The smallest absolute Gasteiger partial charge is 0.0566 e. The fraction of sp³-hybridized carbons (Fsp3) is 0.250. The van der Waals surface area contributed by atoms with Crippen LogP contribution in [-0.2, 0) is 6.42 Å². The maximum Gasteiger partial charge on any atom is 0.0566 e. The van der Waals surface area contributed by atoms with E-state index in [0.29, 0.717) is 0 Å². The van der Waals surface area contributed by atoms with Crippen molar-refractivity contribution in [3.05, 3.63) is 23.2 Å². The zero-order valence-corrected chi connectivity index (χ0v) is 6.66. The zero-order chi connectivity index (χ0) is 6.97. The van der Waals surface area contributed by atoms with Crippen molar-refractivity contribution in [3.8, 4) is 0 Å². The van der Waals surface area contributed by atoms with Crippen molar-refractivity contribution in [3.63, 3.8) is 0 Å². The van der Waals surface area contributed by atoms with E-state index in [1.807, 2.05) is 17.5 Å². The van der Waals surface area contributed by atoms with Crippen molar-refractivity contribution in [2.75, 3.05) is 0 Å². The number of aryl methyl sites for hydroxylation is 1. The Hall–Kier alpha value is -0.760. The molecule has 0 atom stereocenters. The highest BCUT2D eigenvalue weighted by atomic mass is 32.1. The highest BCUT2D eigenvalue weighted by molar-refractivity contribution is 7.19. The summed E-state index contributed by atoms with van der Waals surface area (Å²) in [7, 11) is 0. The molecule has 1 N–H and O–H groups in total. The Kier molecular flexibility index (Phi) is 1.27. The second kappa shape index (κ2) is 2.13. The normalized spacial score (nSPS) is 10.9. The first-order valence-corrected chi connectivity index (χ1v) is 4.27. The molecule has 0 amide bonds. The lowest BCUT2D eigenvalue weighted by Gasteiger charge is -1.80. The van der Waals surface area contributed by atoms with E-state index in [4.69, 9.17) is 0 Å². The Bertz CT molecular complexity index is 303. The summed E-state index contributed by atoms with van der Waals surface area (Å²) in [6, 6.07) is 4.35. The molecule has 2 heterocycles. The van der Waals surface area contributed by atoms with Crippen molar-refractivity contribution in [1.82, 2.24) is 4.98 Å². The Morgan fingerprint density at radius 2 is 2.50 bits per heavy atom. The van der Waals surface area contributed by atoms with Gasteiger partial charge in [0.1, 0.15) is 0 Å². The fourth-order valence-corrected chi connectivity index (χ4v) is 2.04. The van der Waals surface area contributed by atoms with E-state index in [1.54, 1.807) is 0 Å². The van der Waals surface area contributed by atoms with Crippen LogP contribution in [0.3, 0.4) is 0 Å². The van der Waals surface area contributed by atoms with Gasteiger partial charge in [-0.2, -0.15) is 0 Å². The van der Waals surface area contributed by atoms with E-state index in [2.05, 4.69) is 24.0 Å². The highest BCUT2D eigenvalue weighted by Gasteiger charge is 1.98. The minimum atomic E-state index is 1.15. The van der Waals surface area contributed by atoms with Crippen molar-refractivity contribution in [2.24, 2.45) is 0 Å². The average molecular weight is 151 g/mol. The minimum absolute atomic E-state index is 1.15. The molecule has 0 saturated carbocycles. The molecule has 0 saturated heterocycles. The molecule has 1 nitrogen and oxygen atoms in total. The maximum absolute atomic E-state index is 3.18. The van der Waals surface area contributed by atoms with Gasteiger partial charge in [-0.3, -0.25) is 0 Å². The molecule has 0 aliphatic rings. The molecule has 0 radical (unpaired) electrons. The monoisotopic (exact) mass is 151 g/mol. The van der Waals surface area contributed by atoms with Gasteiger partial charge < -0.3 is 4.98 Å². The number of fused-ring (bicyclic) bond motifs is 1. The van der Waals surface area contributed by atoms with Crippen LogP contribution >= 0.6 is 11.3 Å². The first-order chi connectivity index (χ1) is 4.90. The number of aromatic amines is 1. The molecule has 10 heavy (non-hydrogen) atoms. The van der Waals surface area contributed by atoms with Gasteiger partial charge in [-0.05, 0) is 18.6 Å². The molecule has 2 heteroatoms. The average Bonchev–Trinajstić information content (AvgIpc) is 2.42. The molecule has 0 bridgehead atoms. The van der Waals surface area contributed by atoms with Crippen molar-refractivity contribution in [2.45, 2.75) is 13.3 Å². The summed E-state index contributed by atoms with van der Waals surface area (Å²) < 4.78 is 1.37. The third-order valence-electron chi connectivity index (χ3n) is 1.63. The number of rotatable bonds is 1. The van der Waals surface area contributed by atoms with Gasteiger partial charge >= 0.3 is 0 Å². The lowest BCUT2D eigenvalue weighted by atomic mass is 10.4. The zero-order valence-electron chi connectivity index (χ0n) is 5.85. The van der Waals surface area contributed by atoms with E-state index >= 15 is 0 Å². The Labute approximate surface area is 63.7 Å². The Morgan fingerprint density at radius 1 is 1.60 bits per heavy atom. The predicted octanol–water partition coefficient (Wildman–Crippen LogP) is 2.79. The van der Waals surface area contributed by atoms with Crippen LogP contribution in [0.1, 0.15) is 11.8 Å². The van der Waals surface area contributed by atoms with Crippen LogP contribution in [0.2, 0.25) is 0 Å². The molecule has 2 aromatic heterocycles. The molecule has 0 aliphatic carbocycles. The predicted molar refractivity (Wildman–Crippen MR) is 45.6 cm³/mol. The van der Waals surface area contributed by atoms with E-state index < -0.39 is 0 Å². The number of hydrogen-bond acceptors (Lipinski definition) is 1. The molecular formula is C8H9NS. The summed E-state index contributed by atoms with van der Waals surface area (Å²) >= 11 is 1.87. The Balaban J connectivity index is 2.67. The van der Waals surface area contributed by atoms with E-state index in [9.17, 15) is 0 Å². The van der Waals surface area contributed by atoms with Gasteiger partial charge in [-0.1, -0.05) is 6.92 Å². The van der Waals surface area contributed by atoms with Crippen LogP contribution in [0.5, 0.6) is 0 Å². The molecule has 0 fully saturated rings. The topological polar surface area (TPSA) is 15.8 Å². The summed E-state index contributed by atoms with van der Waals surface area (Å²) in [6.45, 7) is 2.19. The van der Waals surface area contributed by atoms with Crippen LogP contribution in [0.25, 0.3) is 10.2 Å². The first-order valence-electron chi connectivity index (χ1n) is 3.46. The molecule has 2 rings (SSSR count). The third kappa shape index (κ3) is 0.762. The standard InChI is InChI=1S/C8H9NS/c1-2-6-5-7-8(10-6)3-4-9-7/h3-5,9H,2H2,1H3. The molecular weight excluding hydrogens is 142 g/mol. The van der Waals surface area contributed by atoms with Crippen LogP contribution in [-0.4, -0.2) is 4.98 Å². The van der Waals surface area contributed by atoms with Crippen molar-refractivity contribution < 1.29 is 0 Å². The molecule has 0 spiro atoms. The molecule has 0 aliphatic heterocycles. The third-order valence-corrected chi connectivity index (χ3v) is 2.88. The summed E-state index contributed by atoms with van der Waals surface area (Å²) in [5.74, 6) is 0. The molecule has 0 unspecified atom stereocenters. The molecule has 52 valence electrons. The van der Waals surface area contributed by atoms with Crippen LogP contribution < -0.4 is 0 Å². The number of thiophene rings is 1. The summed E-state index contributed by atoms with van der Waals surface area (Å²) in [5, 5.41) is 0. The largest absolute Gasteiger partial charge is 0.360 e. The number of nitrogens with one attached hydrogen (secondary N) is 1. The summed E-state index contributed by atoms with van der Waals surface area (Å²) in [4.78, 5) is 4.64. The van der Waals surface area contributed by atoms with Gasteiger partial charge in [-0.15, -0.1) is 11.3 Å². The maximum atomic E-state index is 3.18. The fourth-order valence-electron chi connectivity index (χ4n) is 1.08. The second-order valence-corrected chi connectivity index (χ2v) is 3.49. The van der Waals surface area contributed by atoms with Crippen LogP contribution in [0.4, 0.5) is 0 Å². The van der Waals surface area contributed by atoms with Gasteiger partial charge in [0.2, 0.25) is 0 Å². The molecule has 0 aromatic carbocycles. The van der Waals surface area contributed by atoms with Crippen molar-refractivity contribution in [1.29, 1.82) is 0 Å². The van der Waals surface area contributed by atoms with Gasteiger partial charge in [0, 0.05) is 11.1 Å².